The molecule has 8 heterocycles. The van der Waals surface area contributed by atoms with Crippen molar-refractivity contribution >= 4 is 133 Å². The van der Waals surface area contributed by atoms with E-state index in [1.165, 1.54) is 23.1 Å². The van der Waals surface area contributed by atoms with Crippen LogP contribution in [0.3, 0.4) is 0 Å². The molecule has 8 aromatic heterocycles. The first-order valence-electron chi connectivity index (χ1n) is 26.8. The van der Waals surface area contributed by atoms with Crippen LogP contribution < -0.4 is 26.3 Å². The smallest absolute Gasteiger partial charge is 0.337 e. The number of thiazole rings is 2. The number of hydrogen-bond acceptors (Lipinski definition) is 18. The van der Waals surface area contributed by atoms with Crippen molar-refractivity contribution in [3.8, 4) is 0 Å². The van der Waals surface area contributed by atoms with E-state index in [2.05, 4.69) is 72.2 Å². The van der Waals surface area contributed by atoms with E-state index < -0.39 is 5.91 Å². The zero-order valence-corrected chi connectivity index (χ0v) is 51.5. The molecule has 0 atom stereocenters. The first-order valence-corrected chi connectivity index (χ1v) is 29.3. The summed E-state index contributed by atoms with van der Waals surface area (Å²) in [5.74, 6) is 2.88. The molecular formula is C65H54BrN15O4S2V. The van der Waals surface area contributed by atoms with Crippen LogP contribution in [-0.2, 0) is 36.4 Å². The van der Waals surface area contributed by atoms with Gasteiger partial charge in [0.1, 0.15) is 22.1 Å². The standard InChI is InChI=1S/C21H18N4O2.C20H17N5O2.C12H9N3S.C7H6N2S.C5H4BrN.V/c1-27-20(26)16-11-9-15(10-12-16)14-25(19-8-4-5-13-22-19)21-23-17-6-2-3-7-18(17)24-21;26-19(24-27)15-10-8-14(9-11-15)13-25(18-7-3-4-12-21-18)20-22-16-5-1-2-6-17(16)23-20;1-2-6-10-9(5-1)14-12(16-10)15-11-7-3-4-8-13-11;8-7-9-5-3-1-2-4-6(5)10-7;6-5-3-1-2-4-7-5;/h2-13H,14H2,1H3,(H,23,24);1-12,27H,13H2,(H,22,23)(H,24,26);1-8H,(H,13,14,15);1-4H,(H2,8,9);1-4H;. The number of hydroxylamine groups is 1. The molecule has 0 bridgehead atoms. The molecular weight excluding hydrogens is 1250 g/mol. The van der Waals surface area contributed by atoms with Gasteiger partial charge in [0.2, 0.25) is 11.9 Å². The third kappa shape index (κ3) is 17.0. The average molecular weight is 1300 g/mol. The number of esters is 1. The molecule has 0 unspecified atom stereocenters. The quantitative estimate of drug-likeness (QED) is 0.0288. The van der Waals surface area contributed by atoms with Gasteiger partial charge in [0.05, 0.1) is 68.3 Å². The third-order valence-corrected chi connectivity index (χ3v) is 14.9. The molecule has 0 aliphatic rings. The van der Waals surface area contributed by atoms with Crippen molar-refractivity contribution in [2.75, 3.05) is 28.0 Å². The number of para-hydroxylation sites is 6. The molecule has 0 fully saturated rings. The van der Waals surface area contributed by atoms with E-state index in [9.17, 15) is 9.59 Å². The number of carbonyl (C=O) groups excluding carboxylic acids is 2. The fourth-order valence-electron chi connectivity index (χ4n) is 8.45. The summed E-state index contributed by atoms with van der Waals surface area (Å²) in [6, 6.07) is 69.0. The summed E-state index contributed by atoms with van der Waals surface area (Å²) in [5.41, 5.74) is 15.7. The maximum Gasteiger partial charge on any atom is 0.337 e. The normalized spacial score (nSPS) is 10.4. The van der Waals surface area contributed by atoms with Gasteiger partial charge in [-0.05, 0) is 148 Å². The number of rotatable bonds is 12. The number of ether oxygens (including phenoxy) is 1. The third-order valence-electron chi connectivity index (χ3n) is 12.6. The summed E-state index contributed by atoms with van der Waals surface area (Å²) < 4.78 is 7.97. The number of hydrogen-bond donors (Lipinski definition) is 6. The van der Waals surface area contributed by atoms with E-state index in [4.69, 9.17) is 20.7 Å². The molecule has 88 heavy (non-hydrogen) atoms. The number of aromatic amines is 2. The fraction of sp³-hybridized carbons (Fsp3) is 0.0462. The molecule has 6 aromatic carbocycles. The minimum Gasteiger partial charge on any atom is -0.465 e. The molecule has 0 aliphatic heterocycles. The van der Waals surface area contributed by atoms with Crippen molar-refractivity contribution < 1.29 is 38.1 Å². The zero-order chi connectivity index (χ0) is 60.2. The summed E-state index contributed by atoms with van der Waals surface area (Å²) in [6.07, 6.45) is 6.99. The molecule has 23 heteroatoms. The molecule has 0 saturated carbocycles. The Morgan fingerprint density at radius 3 is 1.41 bits per heavy atom. The summed E-state index contributed by atoms with van der Waals surface area (Å²) in [7, 11) is 1.38. The summed E-state index contributed by atoms with van der Waals surface area (Å²) in [5, 5.41) is 13.4. The molecule has 0 spiro atoms. The SMILES string of the molecule is Brc1ccccn1.COC(=O)c1ccc(CN(c2ccccn2)c2nc3ccccc3[nH]2)cc1.Nc1nc2ccccc2s1.O=C(NO)c1ccc(CN(c2ccccn2)c2nc3ccccc3[nH]2)cc1.[V].c1ccc(Nc2nc3ccccc3s2)nc1. The molecule has 1 radical (unpaired) electrons. The van der Waals surface area contributed by atoms with E-state index in [-0.39, 0.29) is 24.5 Å². The van der Waals surface area contributed by atoms with Crippen LogP contribution in [-0.4, -0.2) is 74.0 Å². The second-order valence-electron chi connectivity index (χ2n) is 18.5. The number of anilines is 7. The van der Waals surface area contributed by atoms with Crippen molar-refractivity contribution in [1.82, 2.24) is 55.3 Å². The van der Waals surface area contributed by atoms with Gasteiger partial charge in [-0.3, -0.25) is 19.8 Å². The Labute approximate surface area is 533 Å². The predicted molar refractivity (Wildman–Crippen MR) is 349 cm³/mol. The molecule has 19 nitrogen and oxygen atoms in total. The summed E-state index contributed by atoms with van der Waals surface area (Å²) in [6.45, 7) is 1.07. The number of aromatic nitrogens is 10. The first kappa shape index (κ1) is 62.3. The Kier molecular flexibility index (Phi) is 22.2. The number of H-pyrrole nitrogens is 2. The largest absolute Gasteiger partial charge is 0.465 e. The molecule has 0 aliphatic carbocycles. The molecule has 437 valence electrons. The molecule has 14 rings (SSSR count). The number of nitrogens with one attached hydrogen (secondary N) is 4. The Morgan fingerprint density at radius 1 is 0.523 bits per heavy atom. The van der Waals surface area contributed by atoms with Crippen LogP contribution in [0.4, 0.5) is 39.6 Å². The van der Waals surface area contributed by atoms with Gasteiger partial charge in [-0.25, -0.2) is 50.1 Å². The number of fused-ring (bicyclic) bond motifs is 4. The van der Waals surface area contributed by atoms with Crippen LogP contribution >= 0.6 is 38.6 Å². The van der Waals surface area contributed by atoms with Crippen molar-refractivity contribution in [2.45, 2.75) is 13.1 Å². The minimum atomic E-state index is -0.541. The van der Waals surface area contributed by atoms with Crippen LogP contribution in [0.5, 0.6) is 0 Å². The van der Waals surface area contributed by atoms with Crippen molar-refractivity contribution in [2.24, 2.45) is 0 Å². The number of carbonyl (C=O) groups is 2. The monoisotopic (exact) mass is 1300 g/mol. The van der Waals surface area contributed by atoms with E-state index in [1.54, 1.807) is 65.9 Å². The number of benzene rings is 6. The number of nitrogens with zero attached hydrogens (tertiary/aromatic N) is 10. The Balaban J connectivity index is 0.000000140. The van der Waals surface area contributed by atoms with Crippen LogP contribution in [0.15, 0.2) is 248 Å². The van der Waals surface area contributed by atoms with Crippen LogP contribution in [0.2, 0.25) is 0 Å². The van der Waals surface area contributed by atoms with Gasteiger partial charge in [-0.2, -0.15) is 0 Å². The van der Waals surface area contributed by atoms with E-state index in [0.29, 0.717) is 41.2 Å². The molecule has 1 amide bonds. The number of amides is 1. The van der Waals surface area contributed by atoms with Gasteiger partial charge in [0.15, 0.2) is 10.3 Å². The number of pyridine rings is 4. The van der Waals surface area contributed by atoms with Gasteiger partial charge < -0.3 is 25.8 Å². The van der Waals surface area contributed by atoms with Gasteiger partial charge in [0.25, 0.3) is 5.91 Å². The maximum absolute atomic E-state index is 11.6. The van der Waals surface area contributed by atoms with Crippen LogP contribution in [0.25, 0.3) is 42.5 Å². The number of nitrogens with two attached hydrogens (primary N) is 1. The number of methoxy groups -OCH3 is 1. The topological polar surface area (TPSA) is 255 Å². The molecule has 14 aromatic rings. The van der Waals surface area contributed by atoms with Gasteiger partial charge in [0, 0.05) is 48.9 Å². The van der Waals surface area contributed by atoms with Gasteiger partial charge in [-0.15, -0.1) is 0 Å². The average Bonchev–Trinajstić information content (AvgIpc) is 4.14. The van der Waals surface area contributed by atoms with Crippen LogP contribution in [0, 0.1) is 0 Å². The van der Waals surface area contributed by atoms with E-state index in [0.717, 1.165) is 76.1 Å². The molecule has 7 N–H and O–H groups in total. The van der Waals surface area contributed by atoms with E-state index >= 15 is 0 Å². The van der Waals surface area contributed by atoms with Crippen molar-refractivity contribution in [3.63, 3.8) is 0 Å². The maximum atomic E-state index is 11.6. The Hall–Kier alpha value is -10.2. The Bertz CT molecular complexity index is 4150. The van der Waals surface area contributed by atoms with Crippen LogP contribution in [0.1, 0.15) is 31.8 Å². The van der Waals surface area contributed by atoms with Crippen molar-refractivity contribution in [3.05, 3.63) is 270 Å². The second-order valence-corrected chi connectivity index (χ2v) is 21.4. The Morgan fingerprint density at radius 2 is 0.977 bits per heavy atom. The van der Waals surface area contributed by atoms with E-state index in [1.807, 2.05) is 198 Å². The summed E-state index contributed by atoms with van der Waals surface area (Å²) in [4.78, 5) is 68.8. The molecule has 0 saturated heterocycles. The number of nitrogen functional groups attached to an aromatic ring is 1. The number of halogens is 1. The number of imidazole rings is 2. The van der Waals surface area contributed by atoms with Gasteiger partial charge >= 0.3 is 5.97 Å². The fourth-order valence-corrected chi connectivity index (χ4v) is 10.3. The zero-order valence-electron chi connectivity index (χ0n) is 46.9. The minimum absolute atomic E-state index is 0. The van der Waals surface area contributed by atoms with Gasteiger partial charge in [-0.1, -0.05) is 120 Å². The second kappa shape index (κ2) is 31.3. The summed E-state index contributed by atoms with van der Waals surface area (Å²) >= 11 is 6.35. The predicted octanol–water partition coefficient (Wildman–Crippen LogP) is 14.7. The van der Waals surface area contributed by atoms with Crippen molar-refractivity contribution in [1.29, 1.82) is 0 Å². The first-order chi connectivity index (χ1) is 42.7.